The van der Waals surface area contributed by atoms with Gasteiger partial charge in [0, 0.05) is 0 Å². The van der Waals surface area contributed by atoms with Crippen LogP contribution in [0, 0.1) is 12.7 Å². The minimum atomic E-state index is -0.658. The Labute approximate surface area is 230 Å². The van der Waals surface area contributed by atoms with E-state index in [1.165, 1.54) is 24.3 Å². The van der Waals surface area contributed by atoms with Gasteiger partial charge in [-0.3, -0.25) is 9.59 Å². The molecule has 0 saturated heterocycles. The Morgan fingerprint density at radius 1 is 1.00 bits per heavy atom. The normalized spacial score (nSPS) is 11.5. The third kappa shape index (κ3) is 7.58. The standard InChI is InChI=1S/C24H25FN4O6S3/c1-5-34-21(32)17-12(3)18(22(33)35-6-2)37-20(17)27-19(31)13(4)36-24-29-28-23(38-24)26-16(30)11-14-7-9-15(25)10-8-14/h7-10,13H,5-6,11H2,1-4H3,(H,27,31)(H,26,28,30). The molecule has 1 unspecified atom stereocenters. The number of nitrogens with zero attached hydrogens (tertiary/aromatic N) is 2. The van der Waals surface area contributed by atoms with Crippen LogP contribution in [-0.2, 0) is 25.5 Å². The van der Waals surface area contributed by atoms with E-state index in [2.05, 4.69) is 20.8 Å². The third-order valence-electron chi connectivity index (χ3n) is 4.90. The first-order chi connectivity index (χ1) is 18.1. The van der Waals surface area contributed by atoms with Crippen LogP contribution in [0.4, 0.5) is 14.5 Å². The Balaban J connectivity index is 1.65. The molecule has 2 N–H and O–H groups in total. The molecule has 14 heteroatoms. The molecule has 38 heavy (non-hydrogen) atoms. The summed E-state index contributed by atoms with van der Waals surface area (Å²) in [7, 11) is 0. The minimum absolute atomic E-state index is 0.0396. The Hall–Kier alpha value is -3.36. The molecule has 2 aromatic heterocycles. The number of nitrogens with one attached hydrogen (secondary N) is 2. The highest BCUT2D eigenvalue weighted by Gasteiger charge is 2.28. The predicted molar refractivity (Wildman–Crippen MR) is 144 cm³/mol. The fourth-order valence-corrected chi connectivity index (χ4v) is 6.12. The van der Waals surface area contributed by atoms with Gasteiger partial charge >= 0.3 is 11.9 Å². The van der Waals surface area contributed by atoms with Crippen molar-refractivity contribution >= 4 is 68.3 Å². The average molecular weight is 581 g/mol. The number of halogens is 1. The highest BCUT2D eigenvalue weighted by atomic mass is 32.2. The van der Waals surface area contributed by atoms with Crippen molar-refractivity contribution in [1.29, 1.82) is 0 Å². The van der Waals surface area contributed by atoms with Crippen molar-refractivity contribution in [2.75, 3.05) is 23.8 Å². The van der Waals surface area contributed by atoms with E-state index in [1.54, 1.807) is 27.7 Å². The van der Waals surface area contributed by atoms with E-state index in [1.807, 2.05) is 0 Å². The van der Waals surface area contributed by atoms with Crippen LogP contribution in [0.25, 0.3) is 0 Å². The van der Waals surface area contributed by atoms with Gasteiger partial charge in [0.2, 0.25) is 16.9 Å². The number of carbonyl (C=O) groups is 4. The maximum Gasteiger partial charge on any atom is 0.348 e. The van der Waals surface area contributed by atoms with Crippen LogP contribution >= 0.6 is 34.4 Å². The quantitative estimate of drug-likeness (QED) is 0.188. The van der Waals surface area contributed by atoms with Crippen molar-refractivity contribution in [3.05, 3.63) is 51.7 Å². The van der Waals surface area contributed by atoms with E-state index in [0.717, 1.165) is 34.4 Å². The molecule has 202 valence electrons. The molecule has 2 heterocycles. The van der Waals surface area contributed by atoms with Crippen molar-refractivity contribution in [2.24, 2.45) is 0 Å². The average Bonchev–Trinajstić information content (AvgIpc) is 3.43. The number of esters is 2. The first kappa shape index (κ1) is 29.2. The van der Waals surface area contributed by atoms with Crippen LogP contribution in [0.1, 0.15) is 51.9 Å². The third-order valence-corrected chi connectivity index (χ3v) is 8.11. The summed E-state index contributed by atoms with van der Waals surface area (Å²) in [5, 5.41) is 13.1. The first-order valence-corrected chi connectivity index (χ1v) is 14.0. The van der Waals surface area contributed by atoms with E-state index < -0.39 is 23.1 Å². The predicted octanol–water partition coefficient (Wildman–Crippen LogP) is 4.70. The lowest BCUT2D eigenvalue weighted by Crippen LogP contribution is -2.23. The van der Waals surface area contributed by atoms with Crippen molar-refractivity contribution in [2.45, 2.75) is 43.7 Å². The monoisotopic (exact) mass is 580 g/mol. The summed E-state index contributed by atoms with van der Waals surface area (Å²) in [6.45, 7) is 6.86. The second kappa shape index (κ2) is 13.4. The molecule has 0 bridgehead atoms. The molecule has 1 atom stereocenters. The molecule has 3 aromatic rings. The van der Waals surface area contributed by atoms with Crippen LogP contribution in [0.5, 0.6) is 0 Å². The number of aromatic nitrogens is 2. The molecule has 0 fully saturated rings. The molecular weight excluding hydrogens is 555 g/mol. The van der Waals surface area contributed by atoms with E-state index >= 15 is 0 Å². The number of amides is 2. The lowest BCUT2D eigenvalue weighted by atomic mass is 10.1. The zero-order valence-corrected chi connectivity index (χ0v) is 23.4. The topological polar surface area (TPSA) is 137 Å². The molecule has 0 radical (unpaired) electrons. The summed E-state index contributed by atoms with van der Waals surface area (Å²) in [6.07, 6.45) is 0.0396. The van der Waals surface area contributed by atoms with Crippen molar-refractivity contribution in [1.82, 2.24) is 10.2 Å². The lowest BCUT2D eigenvalue weighted by molar-refractivity contribution is -0.116. The van der Waals surface area contributed by atoms with Crippen molar-refractivity contribution in [3.8, 4) is 0 Å². The molecule has 0 aliphatic carbocycles. The summed E-state index contributed by atoms with van der Waals surface area (Å²) in [4.78, 5) is 50.3. The second-order valence-electron chi connectivity index (χ2n) is 7.68. The van der Waals surface area contributed by atoms with E-state index in [0.29, 0.717) is 15.5 Å². The fraction of sp³-hybridized carbons (Fsp3) is 0.333. The molecule has 0 aliphatic heterocycles. The summed E-state index contributed by atoms with van der Waals surface area (Å²) in [6, 6.07) is 5.60. The summed E-state index contributed by atoms with van der Waals surface area (Å²) in [5.41, 5.74) is 1.12. The van der Waals surface area contributed by atoms with E-state index in [9.17, 15) is 23.6 Å². The van der Waals surface area contributed by atoms with Gasteiger partial charge in [-0.05, 0) is 51.0 Å². The maximum absolute atomic E-state index is 13.0. The molecule has 1 aromatic carbocycles. The first-order valence-electron chi connectivity index (χ1n) is 11.5. The number of carbonyl (C=O) groups excluding carboxylic acids is 4. The van der Waals surface area contributed by atoms with E-state index in [4.69, 9.17) is 9.47 Å². The van der Waals surface area contributed by atoms with E-state index in [-0.39, 0.29) is 51.9 Å². The number of hydrogen-bond acceptors (Lipinski definition) is 11. The van der Waals surface area contributed by atoms with Crippen molar-refractivity contribution in [3.63, 3.8) is 0 Å². The van der Waals surface area contributed by atoms with Gasteiger partial charge in [-0.2, -0.15) is 0 Å². The molecule has 10 nitrogen and oxygen atoms in total. The van der Waals surface area contributed by atoms with Crippen LogP contribution in [0.15, 0.2) is 28.6 Å². The van der Waals surface area contributed by atoms with Gasteiger partial charge in [-0.1, -0.05) is 35.2 Å². The molecule has 0 aliphatic rings. The van der Waals surface area contributed by atoms with Gasteiger partial charge in [0.05, 0.1) is 30.4 Å². The number of anilines is 2. The summed E-state index contributed by atoms with van der Waals surface area (Å²) in [5.74, 6) is -2.41. The number of benzene rings is 1. The lowest BCUT2D eigenvalue weighted by Gasteiger charge is -2.10. The molecule has 2 amide bonds. The van der Waals surface area contributed by atoms with Gasteiger partial charge in [-0.25, -0.2) is 14.0 Å². The number of rotatable bonds is 11. The highest BCUT2D eigenvalue weighted by molar-refractivity contribution is 8.02. The Morgan fingerprint density at radius 2 is 1.66 bits per heavy atom. The maximum atomic E-state index is 13.0. The minimum Gasteiger partial charge on any atom is -0.462 e. The van der Waals surface area contributed by atoms with Gasteiger partial charge in [0.25, 0.3) is 0 Å². The molecular formula is C24H25FN4O6S3. The largest absolute Gasteiger partial charge is 0.462 e. The van der Waals surface area contributed by atoms with Crippen LogP contribution in [0.3, 0.4) is 0 Å². The number of ether oxygens (including phenoxy) is 2. The summed E-state index contributed by atoms with van der Waals surface area (Å²) < 4.78 is 23.6. The van der Waals surface area contributed by atoms with Crippen LogP contribution in [-0.4, -0.2) is 52.4 Å². The van der Waals surface area contributed by atoms with Crippen LogP contribution < -0.4 is 10.6 Å². The number of thioether (sulfide) groups is 1. The zero-order valence-electron chi connectivity index (χ0n) is 21.0. The number of hydrogen-bond donors (Lipinski definition) is 2. The van der Waals surface area contributed by atoms with Gasteiger partial charge in [0.1, 0.15) is 15.7 Å². The molecule has 3 rings (SSSR count). The van der Waals surface area contributed by atoms with Gasteiger partial charge in [-0.15, -0.1) is 21.5 Å². The Bertz CT molecular complexity index is 1330. The Kier molecular flexibility index (Phi) is 10.3. The number of thiophene rings is 1. The highest BCUT2D eigenvalue weighted by Crippen LogP contribution is 2.36. The van der Waals surface area contributed by atoms with Crippen molar-refractivity contribution < 1.29 is 33.0 Å². The zero-order chi connectivity index (χ0) is 27.8. The SMILES string of the molecule is CCOC(=O)c1sc(NC(=O)C(C)Sc2nnc(NC(=O)Cc3ccc(F)cc3)s2)c(C(=O)OCC)c1C. The van der Waals surface area contributed by atoms with Gasteiger partial charge in [0.15, 0.2) is 4.34 Å². The summed E-state index contributed by atoms with van der Waals surface area (Å²) >= 11 is 3.15. The molecule has 0 saturated carbocycles. The second-order valence-corrected chi connectivity index (χ2v) is 11.3. The van der Waals surface area contributed by atoms with Gasteiger partial charge < -0.3 is 20.1 Å². The fourth-order valence-electron chi connectivity index (χ4n) is 3.12. The molecule has 0 spiro atoms. The Morgan fingerprint density at radius 3 is 2.32 bits per heavy atom. The smallest absolute Gasteiger partial charge is 0.348 e. The van der Waals surface area contributed by atoms with Crippen LogP contribution in [0.2, 0.25) is 0 Å².